The molecule has 3 nitrogen and oxygen atoms in total. The number of quaternary nitrogens is 1. The quantitative estimate of drug-likeness (QED) is 0.867. The molecule has 21 heavy (non-hydrogen) atoms. The molecule has 0 aliphatic heterocycles. The van der Waals surface area contributed by atoms with E-state index in [1.807, 2.05) is 12.1 Å². The smallest absolute Gasteiger partial charge is 0.255 e. The predicted molar refractivity (Wildman–Crippen MR) is 87.0 cm³/mol. The minimum Gasteiger partial charge on any atom is -0.324 e. The zero-order valence-corrected chi connectivity index (χ0v) is 12.9. The van der Waals surface area contributed by atoms with Crippen molar-refractivity contribution in [3.05, 3.63) is 58.6 Å². The van der Waals surface area contributed by atoms with Crippen LogP contribution in [0.4, 0.5) is 11.4 Å². The molecule has 1 amide bonds. The number of anilines is 1. The Kier molecular flexibility index (Phi) is 5.37. The predicted octanol–water partition coefficient (Wildman–Crippen LogP) is 3.81. The molecule has 0 aliphatic rings. The van der Waals surface area contributed by atoms with Gasteiger partial charge in [0.15, 0.2) is 0 Å². The standard InChI is InChI=1S/C17H19ClN2O/c1-2-3-4-12-5-8-14(9-6-12)20-17(21)13-7-10-15(18)16(19)11-13/h5-11H,2-4,19H2,1H3,(H,20,21)/p+1. The highest BCUT2D eigenvalue weighted by atomic mass is 35.5. The van der Waals surface area contributed by atoms with Crippen molar-refractivity contribution in [1.29, 1.82) is 0 Å². The third-order valence-corrected chi connectivity index (χ3v) is 3.71. The number of hydrogen-bond acceptors (Lipinski definition) is 1. The monoisotopic (exact) mass is 303 g/mol. The van der Waals surface area contributed by atoms with Crippen molar-refractivity contribution < 1.29 is 10.5 Å². The van der Waals surface area contributed by atoms with Gasteiger partial charge in [0.05, 0.1) is 0 Å². The Morgan fingerprint density at radius 2 is 1.90 bits per heavy atom. The normalized spacial score (nSPS) is 10.4. The van der Waals surface area contributed by atoms with Crippen LogP contribution in [-0.4, -0.2) is 5.91 Å². The van der Waals surface area contributed by atoms with Crippen molar-refractivity contribution >= 4 is 28.9 Å². The fourth-order valence-corrected chi connectivity index (χ4v) is 2.17. The number of unbranched alkanes of at least 4 members (excludes halogenated alkanes) is 1. The Morgan fingerprint density at radius 3 is 2.52 bits per heavy atom. The molecular weight excluding hydrogens is 284 g/mol. The Hall–Kier alpha value is -1.84. The molecule has 0 atom stereocenters. The summed E-state index contributed by atoms with van der Waals surface area (Å²) in [7, 11) is 0. The highest BCUT2D eigenvalue weighted by Gasteiger charge is 2.09. The molecule has 110 valence electrons. The van der Waals surface area contributed by atoms with Crippen LogP contribution in [0.15, 0.2) is 42.5 Å². The van der Waals surface area contributed by atoms with Crippen LogP contribution in [0.1, 0.15) is 35.7 Å². The van der Waals surface area contributed by atoms with Crippen LogP contribution in [0.5, 0.6) is 0 Å². The maximum atomic E-state index is 12.2. The van der Waals surface area contributed by atoms with E-state index >= 15 is 0 Å². The van der Waals surface area contributed by atoms with Gasteiger partial charge in [0, 0.05) is 17.3 Å². The summed E-state index contributed by atoms with van der Waals surface area (Å²) >= 11 is 5.91. The lowest BCUT2D eigenvalue weighted by molar-refractivity contribution is -0.254. The van der Waals surface area contributed by atoms with E-state index in [0.29, 0.717) is 16.3 Å². The molecule has 0 saturated heterocycles. The lowest BCUT2D eigenvalue weighted by Gasteiger charge is -2.07. The molecule has 4 N–H and O–H groups in total. The average Bonchev–Trinajstić information content (AvgIpc) is 2.49. The molecular formula is C17H20ClN2O+. The first-order valence-electron chi connectivity index (χ1n) is 7.12. The lowest BCUT2D eigenvalue weighted by Crippen LogP contribution is -2.40. The molecule has 0 fully saturated rings. The van der Waals surface area contributed by atoms with Gasteiger partial charge in [-0.3, -0.25) is 4.79 Å². The SMILES string of the molecule is CCCCc1ccc(NC(=O)c2ccc(Cl)c([NH3+])c2)cc1. The molecule has 2 aromatic carbocycles. The Balaban J connectivity index is 2.03. The number of nitrogens with one attached hydrogen (secondary N) is 1. The second kappa shape index (κ2) is 7.25. The third kappa shape index (κ3) is 4.31. The number of carbonyl (C=O) groups excluding carboxylic acids is 1. The van der Waals surface area contributed by atoms with E-state index in [-0.39, 0.29) is 5.91 Å². The first-order valence-corrected chi connectivity index (χ1v) is 7.49. The van der Waals surface area contributed by atoms with Crippen molar-refractivity contribution in [2.24, 2.45) is 0 Å². The number of rotatable bonds is 5. The van der Waals surface area contributed by atoms with E-state index in [1.54, 1.807) is 18.2 Å². The minimum absolute atomic E-state index is 0.155. The molecule has 0 bridgehead atoms. The maximum absolute atomic E-state index is 12.2. The van der Waals surface area contributed by atoms with E-state index in [9.17, 15) is 4.79 Å². The van der Waals surface area contributed by atoms with E-state index in [4.69, 9.17) is 11.6 Å². The minimum atomic E-state index is -0.155. The second-order valence-corrected chi connectivity index (χ2v) is 5.47. The van der Waals surface area contributed by atoms with E-state index in [1.165, 1.54) is 18.4 Å². The number of halogens is 1. The summed E-state index contributed by atoms with van der Waals surface area (Å²) in [5, 5.41) is 3.44. The van der Waals surface area contributed by atoms with Gasteiger partial charge in [-0.05, 0) is 42.7 Å². The van der Waals surface area contributed by atoms with E-state index < -0.39 is 0 Å². The summed E-state index contributed by atoms with van der Waals surface area (Å²) in [6.07, 6.45) is 3.44. The summed E-state index contributed by atoms with van der Waals surface area (Å²) in [4.78, 5) is 12.2. The van der Waals surface area contributed by atoms with Crippen LogP contribution < -0.4 is 11.1 Å². The zero-order valence-electron chi connectivity index (χ0n) is 12.2. The Morgan fingerprint density at radius 1 is 1.19 bits per heavy atom. The molecule has 2 rings (SSSR count). The maximum Gasteiger partial charge on any atom is 0.255 e. The number of benzene rings is 2. The molecule has 2 aromatic rings. The molecule has 0 heterocycles. The first kappa shape index (κ1) is 15.5. The number of aryl methyl sites for hydroxylation is 1. The summed E-state index contributed by atoms with van der Waals surface area (Å²) in [6.45, 7) is 2.18. The van der Waals surface area contributed by atoms with Gasteiger partial charge in [0.25, 0.3) is 5.91 Å². The number of amides is 1. The van der Waals surface area contributed by atoms with Crippen molar-refractivity contribution in [3.63, 3.8) is 0 Å². The highest BCUT2D eigenvalue weighted by molar-refractivity contribution is 6.32. The van der Waals surface area contributed by atoms with E-state index in [2.05, 4.69) is 30.1 Å². The highest BCUT2D eigenvalue weighted by Crippen LogP contribution is 2.19. The fourth-order valence-electron chi connectivity index (χ4n) is 2.05. The van der Waals surface area contributed by atoms with Gasteiger partial charge in [-0.15, -0.1) is 0 Å². The van der Waals surface area contributed by atoms with E-state index in [0.717, 1.165) is 12.1 Å². The Labute approximate surface area is 130 Å². The molecule has 0 radical (unpaired) electrons. The van der Waals surface area contributed by atoms with Crippen LogP contribution in [0, 0.1) is 0 Å². The van der Waals surface area contributed by atoms with Crippen molar-refractivity contribution in [3.8, 4) is 0 Å². The summed E-state index contributed by atoms with van der Waals surface area (Å²) < 4.78 is 0. The summed E-state index contributed by atoms with van der Waals surface area (Å²) in [6, 6.07) is 13.1. The fraction of sp³-hybridized carbons (Fsp3) is 0.235. The van der Waals surface area contributed by atoms with Gasteiger partial charge in [-0.1, -0.05) is 37.1 Å². The number of hydrogen-bond donors (Lipinski definition) is 2. The van der Waals surface area contributed by atoms with Crippen LogP contribution in [0.25, 0.3) is 0 Å². The van der Waals surface area contributed by atoms with Crippen molar-refractivity contribution in [2.75, 3.05) is 5.32 Å². The number of carbonyl (C=O) groups is 1. The van der Waals surface area contributed by atoms with Gasteiger partial charge in [-0.2, -0.15) is 0 Å². The molecule has 0 saturated carbocycles. The molecule has 0 aliphatic carbocycles. The van der Waals surface area contributed by atoms with Gasteiger partial charge in [-0.25, -0.2) is 0 Å². The molecule has 4 heteroatoms. The largest absolute Gasteiger partial charge is 0.324 e. The van der Waals surface area contributed by atoms with Gasteiger partial charge < -0.3 is 11.1 Å². The van der Waals surface area contributed by atoms with Crippen LogP contribution in [0.2, 0.25) is 5.02 Å². The Bertz CT molecular complexity index is 623. The molecule has 0 spiro atoms. The average molecular weight is 304 g/mol. The second-order valence-electron chi connectivity index (χ2n) is 5.06. The van der Waals surface area contributed by atoms with Gasteiger partial charge in [0.1, 0.15) is 10.7 Å². The van der Waals surface area contributed by atoms with Gasteiger partial charge >= 0.3 is 0 Å². The topological polar surface area (TPSA) is 56.7 Å². The van der Waals surface area contributed by atoms with Gasteiger partial charge in [0.2, 0.25) is 0 Å². The third-order valence-electron chi connectivity index (χ3n) is 3.34. The lowest BCUT2D eigenvalue weighted by atomic mass is 10.1. The van der Waals surface area contributed by atoms with Crippen molar-refractivity contribution in [2.45, 2.75) is 26.2 Å². The molecule has 0 aromatic heterocycles. The first-order chi connectivity index (χ1) is 10.1. The summed E-state index contributed by atoms with van der Waals surface area (Å²) in [5.41, 5.74) is 7.09. The van der Waals surface area contributed by atoms with Crippen molar-refractivity contribution in [1.82, 2.24) is 0 Å². The summed E-state index contributed by atoms with van der Waals surface area (Å²) in [5.74, 6) is -0.155. The van der Waals surface area contributed by atoms with Crippen LogP contribution in [0.3, 0.4) is 0 Å². The van der Waals surface area contributed by atoms with Crippen LogP contribution >= 0.6 is 11.6 Å². The van der Waals surface area contributed by atoms with Crippen LogP contribution in [-0.2, 0) is 6.42 Å². The molecule has 0 unspecified atom stereocenters. The zero-order chi connectivity index (χ0) is 15.2.